The molecule has 19 heavy (non-hydrogen) atoms. The minimum Gasteiger partial charge on any atom is -0.324 e. The lowest BCUT2D eigenvalue weighted by molar-refractivity contribution is -0.116. The molecule has 5 heteroatoms. The molecule has 2 aromatic carbocycles. The Kier molecular flexibility index (Phi) is 3.35. The van der Waals surface area contributed by atoms with Crippen LogP contribution in [0.15, 0.2) is 56.7 Å². The van der Waals surface area contributed by atoms with E-state index in [-0.39, 0.29) is 5.91 Å². The van der Waals surface area contributed by atoms with Gasteiger partial charge < -0.3 is 11.1 Å². The SMILES string of the molecule is NC1C(=O)Nc2cc(Sc3cccc(Br)c3)ccc21. The van der Waals surface area contributed by atoms with Crippen LogP contribution in [0.2, 0.25) is 0 Å². The lowest BCUT2D eigenvalue weighted by Gasteiger charge is -2.05. The van der Waals surface area contributed by atoms with Crippen LogP contribution in [0, 0.1) is 0 Å². The quantitative estimate of drug-likeness (QED) is 0.882. The minimum absolute atomic E-state index is 0.139. The highest BCUT2D eigenvalue weighted by atomic mass is 79.9. The summed E-state index contributed by atoms with van der Waals surface area (Å²) >= 11 is 5.10. The van der Waals surface area contributed by atoms with E-state index in [1.165, 1.54) is 0 Å². The Hall–Kier alpha value is -1.30. The van der Waals surface area contributed by atoms with Gasteiger partial charge in [-0.15, -0.1) is 0 Å². The van der Waals surface area contributed by atoms with E-state index in [0.29, 0.717) is 0 Å². The highest BCUT2D eigenvalue weighted by Gasteiger charge is 2.26. The van der Waals surface area contributed by atoms with Crippen molar-refractivity contribution in [1.29, 1.82) is 0 Å². The molecule has 96 valence electrons. The molecule has 0 saturated carbocycles. The Labute approximate surface area is 123 Å². The number of fused-ring (bicyclic) bond motifs is 1. The number of anilines is 1. The van der Waals surface area contributed by atoms with E-state index in [9.17, 15) is 4.79 Å². The van der Waals surface area contributed by atoms with Gasteiger partial charge >= 0.3 is 0 Å². The molecule has 0 spiro atoms. The van der Waals surface area contributed by atoms with Gasteiger partial charge in [-0.3, -0.25) is 4.79 Å². The van der Waals surface area contributed by atoms with Gasteiger partial charge in [-0.05, 0) is 30.3 Å². The van der Waals surface area contributed by atoms with Crippen molar-refractivity contribution in [2.45, 2.75) is 15.8 Å². The van der Waals surface area contributed by atoms with Crippen molar-refractivity contribution < 1.29 is 4.79 Å². The van der Waals surface area contributed by atoms with Crippen LogP contribution in [0.5, 0.6) is 0 Å². The number of hydrogen-bond donors (Lipinski definition) is 2. The molecule has 3 N–H and O–H groups in total. The van der Waals surface area contributed by atoms with Gasteiger partial charge in [-0.1, -0.05) is 39.8 Å². The Balaban J connectivity index is 1.88. The van der Waals surface area contributed by atoms with E-state index in [2.05, 4.69) is 27.3 Å². The van der Waals surface area contributed by atoms with Crippen molar-refractivity contribution >= 4 is 39.3 Å². The van der Waals surface area contributed by atoms with Crippen molar-refractivity contribution in [3.8, 4) is 0 Å². The van der Waals surface area contributed by atoms with Gasteiger partial charge in [-0.2, -0.15) is 0 Å². The van der Waals surface area contributed by atoms with Gasteiger partial charge in [0.05, 0.1) is 0 Å². The molecule has 1 aliphatic rings. The third-order valence-corrected chi connectivity index (χ3v) is 4.40. The number of carbonyl (C=O) groups excluding carboxylic acids is 1. The van der Waals surface area contributed by atoms with Crippen LogP contribution in [0.25, 0.3) is 0 Å². The highest BCUT2D eigenvalue weighted by Crippen LogP contribution is 2.36. The zero-order valence-corrected chi connectivity index (χ0v) is 12.3. The summed E-state index contributed by atoms with van der Waals surface area (Å²) in [5.41, 5.74) is 7.47. The number of rotatable bonds is 2. The Morgan fingerprint density at radius 1 is 1.16 bits per heavy atom. The first-order chi connectivity index (χ1) is 9.13. The third kappa shape index (κ3) is 2.54. The molecule has 0 bridgehead atoms. The second-order valence-corrected chi connectivity index (χ2v) is 6.34. The van der Waals surface area contributed by atoms with Crippen LogP contribution in [-0.2, 0) is 4.79 Å². The summed E-state index contributed by atoms with van der Waals surface area (Å²) in [6, 6.07) is 13.4. The Bertz CT molecular complexity index is 660. The summed E-state index contributed by atoms with van der Waals surface area (Å²) in [6.07, 6.45) is 0. The first kappa shape index (κ1) is 12.7. The molecule has 2 aromatic rings. The van der Waals surface area contributed by atoms with Crippen molar-refractivity contribution in [3.05, 3.63) is 52.5 Å². The van der Waals surface area contributed by atoms with Crippen molar-refractivity contribution in [3.63, 3.8) is 0 Å². The normalized spacial score (nSPS) is 17.2. The highest BCUT2D eigenvalue weighted by molar-refractivity contribution is 9.10. The topological polar surface area (TPSA) is 55.1 Å². The summed E-state index contributed by atoms with van der Waals surface area (Å²) in [7, 11) is 0. The number of halogens is 1. The van der Waals surface area contributed by atoms with Gasteiger partial charge in [-0.25, -0.2) is 0 Å². The van der Waals surface area contributed by atoms with Crippen LogP contribution in [0.3, 0.4) is 0 Å². The molecule has 0 radical (unpaired) electrons. The summed E-state index contributed by atoms with van der Waals surface area (Å²) < 4.78 is 1.05. The van der Waals surface area contributed by atoms with Crippen LogP contribution < -0.4 is 11.1 Å². The summed E-state index contributed by atoms with van der Waals surface area (Å²) in [4.78, 5) is 13.7. The number of nitrogens with two attached hydrogens (primary N) is 1. The lowest BCUT2D eigenvalue weighted by atomic mass is 10.1. The van der Waals surface area contributed by atoms with Crippen molar-refractivity contribution in [1.82, 2.24) is 0 Å². The Morgan fingerprint density at radius 3 is 2.74 bits per heavy atom. The van der Waals surface area contributed by atoms with E-state index in [0.717, 1.165) is 25.5 Å². The van der Waals surface area contributed by atoms with Gasteiger partial charge in [0.25, 0.3) is 0 Å². The van der Waals surface area contributed by atoms with E-state index < -0.39 is 6.04 Å². The molecule has 0 aliphatic carbocycles. The fourth-order valence-corrected chi connectivity index (χ4v) is 3.46. The van der Waals surface area contributed by atoms with Crippen molar-refractivity contribution in [2.75, 3.05) is 5.32 Å². The average molecular weight is 335 g/mol. The van der Waals surface area contributed by atoms with Crippen LogP contribution in [0.4, 0.5) is 5.69 Å². The largest absolute Gasteiger partial charge is 0.324 e. The molecule has 0 aromatic heterocycles. The fraction of sp³-hybridized carbons (Fsp3) is 0.0714. The smallest absolute Gasteiger partial charge is 0.245 e. The summed E-state index contributed by atoms with van der Waals surface area (Å²) in [6.45, 7) is 0. The van der Waals surface area contributed by atoms with Gasteiger partial charge in [0.1, 0.15) is 6.04 Å². The molecule has 1 aliphatic heterocycles. The zero-order chi connectivity index (χ0) is 13.4. The van der Waals surface area contributed by atoms with E-state index in [1.54, 1.807) is 11.8 Å². The monoisotopic (exact) mass is 334 g/mol. The second kappa shape index (κ2) is 5.00. The molecule has 1 heterocycles. The van der Waals surface area contributed by atoms with Gasteiger partial charge in [0.15, 0.2) is 0 Å². The maximum atomic E-state index is 11.5. The van der Waals surface area contributed by atoms with E-state index in [1.807, 2.05) is 36.4 Å². The zero-order valence-electron chi connectivity index (χ0n) is 9.89. The number of carbonyl (C=O) groups is 1. The van der Waals surface area contributed by atoms with Gasteiger partial charge in [0, 0.05) is 25.5 Å². The maximum absolute atomic E-state index is 11.5. The average Bonchev–Trinajstić information content (AvgIpc) is 2.65. The molecular weight excluding hydrogens is 324 g/mol. The predicted molar refractivity (Wildman–Crippen MR) is 80.3 cm³/mol. The molecule has 0 fully saturated rings. The molecule has 1 unspecified atom stereocenters. The van der Waals surface area contributed by atoms with Crippen LogP contribution in [-0.4, -0.2) is 5.91 Å². The van der Waals surface area contributed by atoms with Gasteiger partial charge in [0.2, 0.25) is 5.91 Å². The summed E-state index contributed by atoms with van der Waals surface area (Å²) in [5, 5.41) is 2.80. The number of nitrogens with one attached hydrogen (secondary N) is 1. The molecule has 3 rings (SSSR count). The number of benzene rings is 2. The minimum atomic E-state index is -0.542. The molecule has 3 nitrogen and oxygen atoms in total. The third-order valence-electron chi connectivity index (χ3n) is 2.93. The molecular formula is C14H11BrN2OS. The Morgan fingerprint density at radius 2 is 1.95 bits per heavy atom. The lowest BCUT2D eigenvalue weighted by Crippen LogP contribution is -2.19. The second-order valence-electron chi connectivity index (χ2n) is 4.28. The van der Waals surface area contributed by atoms with Crippen LogP contribution >= 0.6 is 27.7 Å². The molecule has 1 amide bonds. The molecule has 1 atom stereocenters. The maximum Gasteiger partial charge on any atom is 0.245 e. The summed E-state index contributed by atoms with van der Waals surface area (Å²) in [5.74, 6) is -0.139. The van der Waals surface area contributed by atoms with Crippen LogP contribution in [0.1, 0.15) is 11.6 Å². The standard InChI is InChI=1S/C14H11BrN2OS/c15-8-2-1-3-9(6-8)19-10-4-5-11-12(7-10)17-14(18)13(11)16/h1-7,13H,16H2,(H,17,18). The first-order valence-corrected chi connectivity index (χ1v) is 7.38. The first-order valence-electron chi connectivity index (χ1n) is 5.77. The van der Waals surface area contributed by atoms with E-state index in [4.69, 9.17) is 5.73 Å². The van der Waals surface area contributed by atoms with E-state index >= 15 is 0 Å². The fourth-order valence-electron chi connectivity index (χ4n) is 2.00. The number of hydrogen-bond acceptors (Lipinski definition) is 3. The molecule has 0 saturated heterocycles. The predicted octanol–water partition coefficient (Wildman–Crippen LogP) is 3.55. The number of amides is 1. The van der Waals surface area contributed by atoms with Crippen molar-refractivity contribution in [2.24, 2.45) is 5.73 Å².